The van der Waals surface area contributed by atoms with Gasteiger partial charge in [-0.25, -0.2) is 0 Å². The third-order valence-electron chi connectivity index (χ3n) is 8.54. The third-order valence-corrected chi connectivity index (χ3v) is 8.54. The Balaban J connectivity index is 1.95. The Hall–Kier alpha value is -0.970. The number of aliphatic hydroxyl groups is 1. The van der Waals surface area contributed by atoms with Crippen molar-refractivity contribution in [2.24, 2.45) is 28.1 Å². The van der Waals surface area contributed by atoms with Gasteiger partial charge in [0.2, 0.25) is 0 Å². The van der Waals surface area contributed by atoms with Crippen molar-refractivity contribution in [1.82, 2.24) is 0 Å². The van der Waals surface area contributed by atoms with Crippen LogP contribution < -0.4 is 0 Å². The zero-order valence-electron chi connectivity index (χ0n) is 16.3. The van der Waals surface area contributed by atoms with E-state index in [2.05, 4.69) is 27.0 Å². The number of ketones is 1. The molecule has 26 heavy (non-hydrogen) atoms. The average Bonchev–Trinajstić information content (AvgIpc) is 3.23. The SMILES string of the molecule is C=C[C@@]1(C)CC(=O)[C@@]2(C)C3C4(CCC3(CC[C@H]2C)C(=C)C1O)OCCO4. The quantitative estimate of drug-likeness (QED) is 0.725. The monoisotopic (exact) mass is 360 g/mol. The minimum absolute atomic E-state index is 0.0854. The number of rotatable bonds is 1. The molecule has 144 valence electrons. The van der Waals surface area contributed by atoms with Gasteiger partial charge in [-0.05, 0) is 30.8 Å². The summed E-state index contributed by atoms with van der Waals surface area (Å²) in [5, 5.41) is 11.2. The molecule has 3 unspecified atom stereocenters. The van der Waals surface area contributed by atoms with Crippen LogP contribution in [-0.4, -0.2) is 36.0 Å². The normalized spacial score (nSPS) is 50.4. The van der Waals surface area contributed by atoms with E-state index in [-0.39, 0.29) is 29.5 Å². The predicted octanol–water partition coefficient (Wildman–Crippen LogP) is 3.64. The molecule has 3 aliphatic carbocycles. The van der Waals surface area contributed by atoms with E-state index in [1.807, 2.05) is 6.92 Å². The lowest BCUT2D eigenvalue weighted by molar-refractivity contribution is -0.238. The Labute approximate surface area is 156 Å². The van der Waals surface area contributed by atoms with Gasteiger partial charge in [0.25, 0.3) is 0 Å². The summed E-state index contributed by atoms with van der Waals surface area (Å²) < 4.78 is 12.4. The number of Topliss-reactive ketones (excluding diaryl/α,β-unsaturated/α-hetero) is 1. The molecule has 0 amide bonds. The second-order valence-electron chi connectivity index (χ2n) is 9.56. The summed E-state index contributed by atoms with van der Waals surface area (Å²) in [4.78, 5) is 13.7. The highest BCUT2D eigenvalue weighted by molar-refractivity contribution is 5.87. The zero-order chi connectivity index (χ0) is 19.0. The number of hydrogen-bond acceptors (Lipinski definition) is 4. The Morgan fingerprint density at radius 3 is 2.46 bits per heavy atom. The minimum Gasteiger partial charge on any atom is -0.388 e. The first-order valence-electron chi connectivity index (χ1n) is 9.98. The summed E-state index contributed by atoms with van der Waals surface area (Å²) in [7, 11) is 0. The van der Waals surface area contributed by atoms with Crippen LogP contribution in [0.25, 0.3) is 0 Å². The maximum atomic E-state index is 13.7. The van der Waals surface area contributed by atoms with Crippen molar-refractivity contribution < 1.29 is 19.4 Å². The molecule has 1 saturated heterocycles. The van der Waals surface area contributed by atoms with Gasteiger partial charge in [0.05, 0.1) is 19.3 Å². The zero-order valence-corrected chi connectivity index (χ0v) is 16.3. The first-order chi connectivity index (χ1) is 12.2. The Bertz CT molecular complexity index is 663. The topological polar surface area (TPSA) is 55.8 Å². The van der Waals surface area contributed by atoms with Gasteiger partial charge < -0.3 is 14.6 Å². The van der Waals surface area contributed by atoms with E-state index >= 15 is 0 Å². The maximum Gasteiger partial charge on any atom is 0.173 e. The van der Waals surface area contributed by atoms with E-state index in [1.54, 1.807) is 6.08 Å². The molecule has 1 spiro atoms. The van der Waals surface area contributed by atoms with Crippen LogP contribution in [0.3, 0.4) is 0 Å². The van der Waals surface area contributed by atoms with Crippen LogP contribution in [0.5, 0.6) is 0 Å². The highest BCUT2D eigenvalue weighted by Crippen LogP contribution is 2.71. The smallest absolute Gasteiger partial charge is 0.173 e. The van der Waals surface area contributed by atoms with Crippen LogP contribution in [0, 0.1) is 28.1 Å². The fourth-order valence-electron chi connectivity index (χ4n) is 6.68. The standard InChI is InChI=1S/C22H32O4/c1-6-19(4)13-16(23)20(5)14(2)7-8-21(15(3)17(19)24)9-10-22(18(20)21)25-11-12-26-22/h6,14,17-18,24H,1,3,7-13H2,2,4-5H3/t14-,17?,18?,19+,20+,21?/m1/s1. The van der Waals surface area contributed by atoms with Crippen LogP contribution in [-0.2, 0) is 14.3 Å². The lowest BCUT2D eigenvalue weighted by atomic mass is 9.45. The molecule has 1 heterocycles. The minimum atomic E-state index is -0.777. The van der Waals surface area contributed by atoms with E-state index in [4.69, 9.17) is 9.47 Å². The van der Waals surface area contributed by atoms with Crippen molar-refractivity contribution >= 4 is 5.78 Å². The first-order valence-corrected chi connectivity index (χ1v) is 9.98. The predicted molar refractivity (Wildman–Crippen MR) is 99.4 cm³/mol. The molecular formula is C22H32O4. The van der Waals surface area contributed by atoms with Gasteiger partial charge in [-0.1, -0.05) is 33.4 Å². The van der Waals surface area contributed by atoms with E-state index in [9.17, 15) is 9.90 Å². The number of ether oxygens (including phenoxy) is 2. The van der Waals surface area contributed by atoms with Gasteiger partial charge in [0, 0.05) is 35.0 Å². The van der Waals surface area contributed by atoms with E-state index in [1.165, 1.54) is 0 Å². The van der Waals surface area contributed by atoms with Crippen molar-refractivity contribution in [3.05, 3.63) is 24.8 Å². The van der Waals surface area contributed by atoms with Gasteiger partial charge in [-0.2, -0.15) is 0 Å². The molecule has 0 aromatic heterocycles. The molecule has 0 aromatic rings. The van der Waals surface area contributed by atoms with Crippen molar-refractivity contribution in [3.63, 3.8) is 0 Å². The first kappa shape index (κ1) is 18.4. The van der Waals surface area contributed by atoms with Gasteiger partial charge in [0.1, 0.15) is 5.78 Å². The van der Waals surface area contributed by atoms with Crippen molar-refractivity contribution in [3.8, 4) is 0 Å². The number of carbonyl (C=O) groups excluding carboxylic acids is 1. The highest BCUT2D eigenvalue weighted by atomic mass is 16.7. The summed E-state index contributed by atoms with van der Waals surface area (Å²) in [6.07, 6.45) is 4.76. The Morgan fingerprint density at radius 2 is 1.85 bits per heavy atom. The molecule has 3 saturated carbocycles. The molecule has 4 heteroatoms. The van der Waals surface area contributed by atoms with Crippen molar-refractivity contribution in [2.45, 2.75) is 64.8 Å². The number of hydrogen-bond donors (Lipinski definition) is 1. The highest BCUT2D eigenvalue weighted by Gasteiger charge is 2.72. The largest absolute Gasteiger partial charge is 0.388 e. The van der Waals surface area contributed by atoms with E-state index in [0.29, 0.717) is 13.2 Å². The Morgan fingerprint density at radius 1 is 1.19 bits per heavy atom. The molecule has 1 aliphatic heterocycles. The fraction of sp³-hybridized carbons (Fsp3) is 0.773. The number of aliphatic hydroxyl groups excluding tert-OH is 1. The van der Waals surface area contributed by atoms with Crippen LogP contribution in [0.1, 0.15) is 52.9 Å². The van der Waals surface area contributed by atoms with Crippen LogP contribution in [0.4, 0.5) is 0 Å². The van der Waals surface area contributed by atoms with Crippen LogP contribution >= 0.6 is 0 Å². The van der Waals surface area contributed by atoms with Gasteiger partial charge >= 0.3 is 0 Å². The lowest BCUT2D eigenvalue weighted by Crippen LogP contribution is -2.62. The van der Waals surface area contributed by atoms with Crippen LogP contribution in [0.2, 0.25) is 0 Å². The maximum absolute atomic E-state index is 13.7. The molecule has 6 atom stereocenters. The second-order valence-corrected chi connectivity index (χ2v) is 9.56. The Kier molecular flexibility index (Phi) is 3.91. The molecule has 4 fully saturated rings. The molecule has 0 aromatic carbocycles. The summed E-state index contributed by atoms with van der Waals surface area (Å²) in [6, 6.07) is 0. The average molecular weight is 360 g/mol. The molecule has 4 rings (SSSR count). The van der Waals surface area contributed by atoms with Gasteiger partial charge in [-0.15, -0.1) is 6.58 Å². The van der Waals surface area contributed by atoms with Crippen molar-refractivity contribution in [2.75, 3.05) is 13.2 Å². The number of carbonyl (C=O) groups is 1. The summed E-state index contributed by atoms with van der Waals surface area (Å²) in [5.74, 6) is -0.344. The molecule has 2 bridgehead atoms. The fourth-order valence-corrected chi connectivity index (χ4v) is 6.68. The third kappa shape index (κ3) is 1.99. The van der Waals surface area contributed by atoms with Crippen molar-refractivity contribution in [1.29, 1.82) is 0 Å². The van der Waals surface area contributed by atoms with E-state index < -0.39 is 22.7 Å². The molecule has 4 aliphatic rings. The lowest BCUT2D eigenvalue weighted by Gasteiger charge is -2.59. The van der Waals surface area contributed by atoms with Gasteiger partial charge in [-0.3, -0.25) is 4.79 Å². The second kappa shape index (κ2) is 5.52. The van der Waals surface area contributed by atoms with Gasteiger partial charge in [0.15, 0.2) is 5.79 Å². The molecule has 0 radical (unpaired) electrons. The summed E-state index contributed by atoms with van der Waals surface area (Å²) in [5.41, 5.74) is -0.693. The molecule has 4 nitrogen and oxygen atoms in total. The molecule has 1 N–H and O–H groups in total. The molecular weight excluding hydrogens is 328 g/mol. The van der Waals surface area contributed by atoms with E-state index in [0.717, 1.165) is 31.3 Å². The summed E-state index contributed by atoms with van der Waals surface area (Å²) in [6.45, 7) is 15.7. The van der Waals surface area contributed by atoms with Crippen LogP contribution in [0.15, 0.2) is 24.8 Å². The summed E-state index contributed by atoms with van der Waals surface area (Å²) >= 11 is 0.